The van der Waals surface area contributed by atoms with Crippen LogP contribution in [-0.4, -0.2) is 18.7 Å². The summed E-state index contributed by atoms with van der Waals surface area (Å²) in [4.78, 5) is 22.7. The Kier molecular flexibility index (Phi) is 6.49. The number of benzene rings is 2. The minimum absolute atomic E-state index is 0.100. The fourth-order valence-electron chi connectivity index (χ4n) is 1.99. The van der Waals surface area contributed by atoms with Crippen molar-refractivity contribution in [2.75, 3.05) is 6.79 Å². The lowest BCUT2D eigenvalue weighted by molar-refractivity contribution is -0.145. The van der Waals surface area contributed by atoms with Gasteiger partial charge in [0, 0.05) is 22.8 Å². The molecule has 0 amide bonds. The number of esters is 2. The Labute approximate surface area is 156 Å². The smallest absolute Gasteiger partial charge is 0.338 e. The lowest BCUT2D eigenvalue weighted by Gasteiger charge is -2.09. The van der Waals surface area contributed by atoms with Crippen LogP contribution >= 0.6 is 0 Å². The van der Waals surface area contributed by atoms with E-state index in [1.54, 1.807) is 24.3 Å². The molecular weight excluding hydrogens is 351 g/mol. The van der Waals surface area contributed by atoms with Gasteiger partial charge < -0.3 is 14.2 Å². The first-order valence-electron chi connectivity index (χ1n) is 8.01. The zero-order valence-corrected chi connectivity index (χ0v) is 15.1. The predicted octanol–water partition coefficient (Wildman–Crippen LogP) is 4.43. The molecule has 2 rings (SSSR count). The molecule has 140 valence electrons. The van der Waals surface area contributed by atoms with Crippen LogP contribution in [0, 0.1) is 5.82 Å². The minimum Gasteiger partial charge on any atom is -0.457 e. The van der Waals surface area contributed by atoms with Crippen LogP contribution in [0.2, 0.25) is 0 Å². The van der Waals surface area contributed by atoms with Gasteiger partial charge in [0.15, 0.2) is 0 Å². The van der Waals surface area contributed by atoms with Crippen molar-refractivity contribution in [3.05, 3.63) is 72.6 Å². The van der Waals surface area contributed by atoms with E-state index in [2.05, 4.69) is 13.2 Å². The van der Waals surface area contributed by atoms with Crippen LogP contribution in [0.25, 0.3) is 11.1 Å². The number of hydrogen-bond donors (Lipinski definition) is 0. The third-order valence-electron chi connectivity index (χ3n) is 3.43. The highest BCUT2D eigenvalue weighted by atomic mass is 19.1. The van der Waals surface area contributed by atoms with E-state index in [-0.39, 0.29) is 23.7 Å². The fraction of sp³-hybridized carbons (Fsp3) is 0.143. The van der Waals surface area contributed by atoms with Crippen molar-refractivity contribution in [3.63, 3.8) is 0 Å². The van der Waals surface area contributed by atoms with Crippen LogP contribution in [0.15, 0.2) is 66.8 Å². The van der Waals surface area contributed by atoms with Crippen molar-refractivity contribution >= 4 is 11.9 Å². The number of halogens is 1. The maximum atomic E-state index is 14.3. The monoisotopic (exact) mass is 370 g/mol. The van der Waals surface area contributed by atoms with Gasteiger partial charge in [-0.3, -0.25) is 0 Å². The Morgan fingerprint density at radius 3 is 2.07 bits per heavy atom. The van der Waals surface area contributed by atoms with Crippen molar-refractivity contribution < 1.29 is 28.2 Å². The molecule has 0 aliphatic carbocycles. The molecule has 0 radical (unpaired) electrons. The lowest BCUT2D eigenvalue weighted by Crippen LogP contribution is -2.10. The first kappa shape index (κ1) is 19.9. The normalized spacial score (nSPS) is 10.0. The average Bonchev–Trinajstić information content (AvgIpc) is 2.62. The molecular formula is C21H19FO5. The molecule has 2 aromatic rings. The quantitative estimate of drug-likeness (QED) is 0.312. The largest absolute Gasteiger partial charge is 0.457 e. The minimum atomic E-state index is -0.615. The second kappa shape index (κ2) is 8.80. The summed E-state index contributed by atoms with van der Waals surface area (Å²) in [6.07, 6.45) is 0. The summed E-state index contributed by atoms with van der Waals surface area (Å²) in [5.74, 6) is -1.13. The maximum Gasteiger partial charge on any atom is 0.338 e. The number of rotatable bonds is 7. The molecule has 0 unspecified atom stereocenters. The van der Waals surface area contributed by atoms with Gasteiger partial charge in [-0.25, -0.2) is 14.0 Å². The molecule has 5 nitrogen and oxygen atoms in total. The topological polar surface area (TPSA) is 61.8 Å². The zero-order chi connectivity index (χ0) is 20.0. The molecule has 6 heteroatoms. The second-order valence-electron chi connectivity index (χ2n) is 5.81. The van der Waals surface area contributed by atoms with Crippen molar-refractivity contribution in [3.8, 4) is 22.6 Å². The third-order valence-corrected chi connectivity index (χ3v) is 3.43. The molecule has 0 aliphatic rings. The van der Waals surface area contributed by atoms with Crippen LogP contribution in [0.4, 0.5) is 4.39 Å². The van der Waals surface area contributed by atoms with E-state index in [9.17, 15) is 14.0 Å². The van der Waals surface area contributed by atoms with Gasteiger partial charge in [0.25, 0.3) is 0 Å². The molecule has 0 N–H and O–H groups in total. The first-order valence-corrected chi connectivity index (χ1v) is 8.01. The summed E-state index contributed by atoms with van der Waals surface area (Å²) in [5.41, 5.74) is 1.45. The average molecular weight is 370 g/mol. The molecule has 0 aliphatic heterocycles. The summed E-state index contributed by atoms with van der Waals surface area (Å²) in [7, 11) is 0. The Morgan fingerprint density at radius 2 is 1.52 bits per heavy atom. The Hall–Kier alpha value is -3.41. The van der Waals surface area contributed by atoms with Gasteiger partial charge in [0.05, 0.1) is 0 Å². The van der Waals surface area contributed by atoms with Crippen LogP contribution in [-0.2, 0) is 14.3 Å². The van der Waals surface area contributed by atoms with Gasteiger partial charge in [0.1, 0.15) is 17.3 Å². The first-order chi connectivity index (χ1) is 12.8. The molecule has 0 bridgehead atoms. The van der Waals surface area contributed by atoms with E-state index in [1.807, 2.05) is 0 Å². The summed E-state index contributed by atoms with van der Waals surface area (Å²) < 4.78 is 29.5. The highest BCUT2D eigenvalue weighted by Gasteiger charge is 2.11. The molecule has 0 heterocycles. The van der Waals surface area contributed by atoms with Crippen LogP contribution in [0.3, 0.4) is 0 Å². The third kappa shape index (κ3) is 5.54. The van der Waals surface area contributed by atoms with Crippen molar-refractivity contribution in [2.24, 2.45) is 0 Å². The SMILES string of the molecule is C=C(C)C(=O)OCOc1ccc(-c2ccc(OC(=O)C(=C)C)cc2F)cc1. The highest BCUT2D eigenvalue weighted by molar-refractivity contribution is 5.89. The fourth-order valence-corrected chi connectivity index (χ4v) is 1.99. The van der Waals surface area contributed by atoms with Crippen LogP contribution in [0.5, 0.6) is 11.5 Å². The molecule has 0 atom stereocenters. The molecule has 0 saturated heterocycles. The van der Waals surface area contributed by atoms with Gasteiger partial charge >= 0.3 is 11.9 Å². The highest BCUT2D eigenvalue weighted by Crippen LogP contribution is 2.28. The summed E-state index contributed by atoms with van der Waals surface area (Å²) in [6, 6.07) is 10.7. The standard InChI is InChI=1S/C21H19FO5/c1-13(2)20(23)26-12-25-16-7-5-15(6-8-16)18-10-9-17(11-19(18)22)27-21(24)14(3)4/h5-11H,1,3,12H2,2,4H3. The van der Waals surface area contributed by atoms with E-state index in [1.165, 1.54) is 26.0 Å². The van der Waals surface area contributed by atoms with Gasteiger partial charge in [-0.2, -0.15) is 0 Å². The Balaban J connectivity index is 2.04. The van der Waals surface area contributed by atoms with E-state index in [0.29, 0.717) is 16.9 Å². The zero-order valence-electron chi connectivity index (χ0n) is 15.1. The molecule has 0 aromatic heterocycles. The van der Waals surface area contributed by atoms with Crippen molar-refractivity contribution in [1.29, 1.82) is 0 Å². The summed E-state index contributed by atoms with van der Waals surface area (Å²) in [5, 5.41) is 0. The van der Waals surface area contributed by atoms with Crippen molar-refractivity contribution in [1.82, 2.24) is 0 Å². The van der Waals surface area contributed by atoms with Gasteiger partial charge in [-0.15, -0.1) is 0 Å². The second-order valence-corrected chi connectivity index (χ2v) is 5.81. The maximum absolute atomic E-state index is 14.3. The van der Waals surface area contributed by atoms with E-state index >= 15 is 0 Å². The Bertz CT molecular complexity index is 884. The number of carbonyl (C=O) groups excluding carboxylic acids is 2. The van der Waals surface area contributed by atoms with Gasteiger partial charge in [-0.1, -0.05) is 25.3 Å². The predicted molar refractivity (Wildman–Crippen MR) is 98.7 cm³/mol. The molecule has 2 aromatic carbocycles. The van der Waals surface area contributed by atoms with Crippen LogP contribution in [0.1, 0.15) is 13.8 Å². The lowest BCUT2D eigenvalue weighted by atomic mass is 10.0. The summed E-state index contributed by atoms with van der Waals surface area (Å²) >= 11 is 0. The van der Waals surface area contributed by atoms with Crippen LogP contribution < -0.4 is 9.47 Å². The van der Waals surface area contributed by atoms with E-state index in [4.69, 9.17) is 14.2 Å². The number of ether oxygens (including phenoxy) is 3. The van der Waals surface area contributed by atoms with E-state index in [0.717, 1.165) is 6.07 Å². The molecule has 0 fully saturated rings. The molecule has 0 spiro atoms. The van der Waals surface area contributed by atoms with E-state index < -0.39 is 17.8 Å². The summed E-state index contributed by atoms with van der Waals surface area (Å²) in [6.45, 7) is 9.74. The van der Waals surface area contributed by atoms with Gasteiger partial charge in [0.2, 0.25) is 6.79 Å². The number of carbonyl (C=O) groups is 2. The molecule has 27 heavy (non-hydrogen) atoms. The number of hydrogen-bond acceptors (Lipinski definition) is 5. The Morgan fingerprint density at radius 1 is 0.926 bits per heavy atom. The molecule has 0 saturated carbocycles. The van der Waals surface area contributed by atoms with Crippen molar-refractivity contribution in [2.45, 2.75) is 13.8 Å². The van der Waals surface area contributed by atoms with Gasteiger partial charge in [-0.05, 0) is 43.7 Å².